The van der Waals surface area contributed by atoms with Gasteiger partial charge >= 0.3 is 5.97 Å². The number of hydrogen-bond acceptors (Lipinski definition) is 13. The van der Waals surface area contributed by atoms with Gasteiger partial charge in [0.1, 0.15) is 42.3 Å². The smallest absolute Gasteiger partial charge is 0.326 e. The quantitative estimate of drug-likeness (QED) is 0.0236. The largest absolute Gasteiger partial charge is 0.480 e. The first-order chi connectivity index (χ1) is 36.6. The minimum Gasteiger partial charge on any atom is -0.480 e. The van der Waals surface area contributed by atoms with Gasteiger partial charge in [-0.15, -0.1) is 0 Å². The summed E-state index contributed by atoms with van der Waals surface area (Å²) >= 11 is 0. The first-order valence-electron chi connectivity index (χ1n) is 25.0. The third-order valence-electron chi connectivity index (χ3n) is 12.2. The summed E-state index contributed by atoms with van der Waals surface area (Å²) in [7, 11) is 0. The molecule has 7 atom stereocenters. The van der Waals surface area contributed by atoms with Crippen molar-refractivity contribution in [3.63, 3.8) is 0 Å². The van der Waals surface area contributed by atoms with Crippen molar-refractivity contribution >= 4 is 87.6 Å². The number of primary amides is 1. The van der Waals surface area contributed by atoms with Gasteiger partial charge in [0.25, 0.3) is 0 Å². The number of nitrogens with zero attached hydrogens (tertiary/aromatic N) is 2. The number of H-pyrrole nitrogens is 1. The Morgan fingerprint density at radius 2 is 1.30 bits per heavy atom. The molecule has 0 aliphatic carbocycles. The first kappa shape index (κ1) is 60.6. The Labute approximate surface area is 443 Å². The number of amides is 9. The van der Waals surface area contributed by atoms with Crippen molar-refractivity contribution in [2.45, 2.75) is 126 Å². The molecule has 2 heterocycles. The van der Waals surface area contributed by atoms with Gasteiger partial charge in [-0.2, -0.15) is 0 Å². The standard InChI is InChI=1S/C49H71N17O11/c1-26(67)60-32(9-4-21-57-48(52)53)41(70)63-35-17-19-40(69)56-20-6-11-36(47(76)77)64-46(75)38(24-28-25-59-31-8-3-2-7-30(28)31)66-42(71)33(10-5-22-58-49(54)55)61-45(74)37(23-27-12-14-29(50)15-13-27)65-44(73)34(62-43(35)72)16-18-39(51)68/h2-3,7-8,12-15,25,32-38,59H,4-6,9-11,16-24,50H2,1H3,(H2,51,68)(H,56,69)(H,60,67)(H,61,74)(H,62,72)(H,63,70)(H,64,75)(H,65,73)(H,66,71)(H,76,77)(H4,52,53,57)(H4,54,55,58)/t32-,33-,34-,35-,36?,37+,38-/m0/s1. The number of benzene rings is 2. The molecule has 22 N–H and O–H groups in total. The van der Waals surface area contributed by atoms with Gasteiger partial charge in [-0.3, -0.25) is 53.1 Å². The fourth-order valence-corrected chi connectivity index (χ4v) is 8.23. The zero-order chi connectivity index (χ0) is 56.6. The van der Waals surface area contributed by atoms with Gasteiger partial charge in [0.2, 0.25) is 53.2 Å². The van der Waals surface area contributed by atoms with Crippen LogP contribution in [0.5, 0.6) is 0 Å². The van der Waals surface area contributed by atoms with E-state index in [0.29, 0.717) is 27.7 Å². The lowest BCUT2D eigenvalue weighted by Gasteiger charge is -2.28. The lowest BCUT2D eigenvalue weighted by molar-refractivity contribution is -0.142. The molecule has 1 aromatic heterocycles. The Kier molecular flexibility index (Phi) is 23.9. The van der Waals surface area contributed by atoms with E-state index in [0.717, 1.165) is 0 Å². The number of nitrogens with one attached hydrogen (secondary N) is 9. The van der Waals surface area contributed by atoms with Gasteiger partial charge in [-0.25, -0.2) is 4.79 Å². The van der Waals surface area contributed by atoms with Gasteiger partial charge in [-0.1, -0.05) is 30.3 Å². The molecule has 0 saturated carbocycles. The number of aliphatic carboxylic acids is 1. The summed E-state index contributed by atoms with van der Waals surface area (Å²) in [6, 6.07) is 3.05. The molecule has 1 aliphatic rings. The number of carboxylic acids is 1. The summed E-state index contributed by atoms with van der Waals surface area (Å²) in [6.07, 6.45) is -0.450. The van der Waals surface area contributed by atoms with Crippen molar-refractivity contribution in [1.82, 2.24) is 47.5 Å². The minimum absolute atomic E-state index is 0.000550. The van der Waals surface area contributed by atoms with Crippen molar-refractivity contribution in [3.8, 4) is 0 Å². The molecule has 1 saturated heterocycles. The number of aliphatic imine (C=N–C) groups is 2. The number of anilines is 1. The summed E-state index contributed by atoms with van der Waals surface area (Å²) in [5.41, 5.74) is 35.5. The highest BCUT2D eigenvalue weighted by Crippen LogP contribution is 2.20. The fourth-order valence-electron chi connectivity index (χ4n) is 8.23. The van der Waals surface area contributed by atoms with Crippen molar-refractivity contribution in [1.29, 1.82) is 0 Å². The third kappa shape index (κ3) is 21.0. The van der Waals surface area contributed by atoms with Crippen LogP contribution in [0.15, 0.2) is 64.7 Å². The van der Waals surface area contributed by atoms with Crippen LogP contribution in [0, 0.1) is 0 Å². The zero-order valence-electron chi connectivity index (χ0n) is 42.7. The second-order valence-electron chi connectivity index (χ2n) is 18.4. The van der Waals surface area contributed by atoms with E-state index in [2.05, 4.69) is 57.5 Å². The molecule has 28 heteroatoms. The maximum absolute atomic E-state index is 14.6. The Balaban J connectivity index is 1.80. The highest BCUT2D eigenvalue weighted by Gasteiger charge is 2.35. The van der Waals surface area contributed by atoms with Crippen LogP contribution in [0.1, 0.15) is 82.3 Å². The molecule has 418 valence electrons. The molecule has 4 rings (SSSR count). The van der Waals surface area contributed by atoms with E-state index in [1.165, 1.54) is 6.92 Å². The molecule has 28 nitrogen and oxygen atoms in total. The van der Waals surface area contributed by atoms with E-state index >= 15 is 0 Å². The molecular weight excluding hydrogens is 1000 g/mol. The number of carboxylic acid groups (broad SMARTS) is 1. The molecule has 1 aliphatic heterocycles. The molecule has 2 aromatic carbocycles. The van der Waals surface area contributed by atoms with Crippen LogP contribution < -0.4 is 76.9 Å². The number of aromatic nitrogens is 1. The lowest BCUT2D eigenvalue weighted by Crippen LogP contribution is -2.60. The number of rotatable bonds is 19. The number of fused-ring (bicyclic) bond motifs is 1. The number of aromatic amines is 1. The maximum Gasteiger partial charge on any atom is 0.326 e. The molecule has 77 heavy (non-hydrogen) atoms. The van der Waals surface area contributed by atoms with Crippen molar-refractivity contribution < 1.29 is 53.1 Å². The second-order valence-corrected chi connectivity index (χ2v) is 18.4. The third-order valence-corrected chi connectivity index (χ3v) is 12.2. The van der Waals surface area contributed by atoms with E-state index in [-0.39, 0.29) is 82.9 Å². The zero-order valence-corrected chi connectivity index (χ0v) is 42.7. The Morgan fingerprint density at radius 1 is 0.714 bits per heavy atom. The van der Waals surface area contributed by atoms with Crippen LogP contribution in [0.2, 0.25) is 0 Å². The van der Waals surface area contributed by atoms with E-state index in [1.54, 1.807) is 54.7 Å². The highest BCUT2D eigenvalue weighted by atomic mass is 16.4. The number of carbonyl (C=O) groups is 10. The van der Waals surface area contributed by atoms with Crippen LogP contribution in [-0.2, 0) is 60.8 Å². The van der Waals surface area contributed by atoms with E-state index in [9.17, 15) is 53.1 Å². The number of carbonyl (C=O) groups excluding carboxylic acids is 9. The number of nitrogens with two attached hydrogens (primary N) is 6. The van der Waals surface area contributed by atoms with Gasteiger partial charge in [-0.05, 0) is 80.7 Å². The summed E-state index contributed by atoms with van der Waals surface area (Å²) < 4.78 is 0. The molecule has 1 fully saturated rings. The monoisotopic (exact) mass is 1070 g/mol. The average molecular weight is 1070 g/mol. The van der Waals surface area contributed by atoms with Crippen molar-refractivity contribution in [2.75, 3.05) is 25.4 Å². The maximum atomic E-state index is 14.6. The highest BCUT2D eigenvalue weighted by molar-refractivity contribution is 5.98. The van der Waals surface area contributed by atoms with E-state index in [1.807, 2.05) is 0 Å². The van der Waals surface area contributed by atoms with Gasteiger partial charge < -0.3 is 87.0 Å². The normalized spacial score (nSPS) is 20.8. The SMILES string of the molecule is CC(=O)N[C@@H](CCCN=C(N)N)C(=O)N[C@H]1CCC(=O)NCCCC(C(=O)O)NC(=O)[C@H](Cc2c[nH]c3ccccc23)NC(=O)[C@H](CCCN=C(N)N)NC(=O)[C@@H](Cc2ccc(N)cc2)NC(=O)[C@H](CCC(N)=O)NC1=O. The second kappa shape index (κ2) is 30.4. The van der Waals surface area contributed by atoms with Crippen LogP contribution in [-0.4, -0.2) is 143 Å². The molecule has 3 aromatic rings. The molecule has 1 unspecified atom stereocenters. The van der Waals surface area contributed by atoms with Crippen LogP contribution in [0.4, 0.5) is 5.69 Å². The molecular formula is C49H71N17O11. The van der Waals surface area contributed by atoms with Gasteiger partial charge in [0.05, 0.1) is 0 Å². The van der Waals surface area contributed by atoms with E-state index < -0.39 is 127 Å². The van der Waals surface area contributed by atoms with Gasteiger partial charge in [0.15, 0.2) is 11.9 Å². The number of nitrogen functional groups attached to an aromatic ring is 1. The number of guanidine groups is 2. The Hall–Kier alpha value is -8.98. The number of hydrogen-bond donors (Lipinski definition) is 16. The summed E-state index contributed by atoms with van der Waals surface area (Å²) in [5, 5.41) is 31.7. The van der Waals surface area contributed by atoms with Gasteiger partial charge in [0, 0.05) is 75.0 Å². The Bertz CT molecular complexity index is 2630. The first-order valence-corrected chi connectivity index (χ1v) is 25.0. The summed E-state index contributed by atoms with van der Waals surface area (Å²) in [5.74, 6) is -9.56. The molecule has 9 amide bonds. The predicted octanol–water partition coefficient (Wildman–Crippen LogP) is -3.90. The molecule has 0 radical (unpaired) electrons. The summed E-state index contributed by atoms with van der Waals surface area (Å²) in [4.78, 5) is 147. The number of para-hydroxylation sites is 1. The van der Waals surface area contributed by atoms with Crippen LogP contribution >= 0.6 is 0 Å². The summed E-state index contributed by atoms with van der Waals surface area (Å²) in [6.45, 7) is 1.15. The van der Waals surface area contributed by atoms with E-state index in [4.69, 9.17) is 34.4 Å². The van der Waals surface area contributed by atoms with Crippen LogP contribution in [0.25, 0.3) is 10.9 Å². The minimum atomic E-state index is -1.62. The van der Waals surface area contributed by atoms with Crippen molar-refractivity contribution in [2.24, 2.45) is 38.7 Å². The Morgan fingerprint density at radius 3 is 1.94 bits per heavy atom. The van der Waals surface area contributed by atoms with Crippen LogP contribution in [0.3, 0.4) is 0 Å². The van der Waals surface area contributed by atoms with Crippen molar-refractivity contribution in [3.05, 3.63) is 65.9 Å². The predicted molar refractivity (Wildman–Crippen MR) is 283 cm³/mol. The lowest BCUT2D eigenvalue weighted by atomic mass is 10.0. The topological polar surface area (TPSA) is 484 Å². The fraction of sp³-hybridized carbons (Fsp3) is 0.469. The molecule has 0 bridgehead atoms. The average Bonchev–Trinajstić information content (AvgIpc) is 3.78. The molecule has 0 spiro atoms.